The van der Waals surface area contributed by atoms with Crippen LogP contribution in [0.4, 0.5) is 4.79 Å². The summed E-state index contributed by atoms with van der Waals surface area (Å²) >= 11 is 2.03. The van der Waals surface area contributed by atoms with Gasteiger partial charge in [0.15, 0.2) is 0 Å². The topological polar surface area (TPSA) is 50.4 Å². The Hall–Kier alpha value is -0.420. The summed E-state index contributed by atoms with van der Waals surface area (Å²) in [6.45, 7) is 8.84. The minimum atomic E-state index is -0.427. The molecule has 2 rings (SSSR count). The molecule has 1 heterocycles. The largest absolute Gasteiger partial charge is 0.444 e. The van der Waals surface area contributed by atoms with Crippen LogP contribution in [0.15, 0.2) is 0 Å². The van der Waals surface area contributed by atoms with Crippen molar-refractivity contribution in [2.45, 2.75) is 69.9 Å². The van der Waals surface area contributed by atoms with E-state index in [0.29, 0.717) is 12.0 Å². The lowest BCUT2D eigenvalue weighted by Gasteiger charge is -2.25. The Morgan fingerprint density at radius 3 is 2.60 bits per heavy atom. The van der Waals surface area contributed by atoms with Crippen LogP contribution in [-0.4, -0.2) is 41.3 Å². The Bertz CT molecular complexity index is 339. The van der Waals surface area contributed by atoms with Crippen LogP contribution < -0.4 is 10.6 Å². The van der Waals surface area contributed by atoms with Gasteiger partial charge in [-0.3, -0.25) is 0 Å². The normalized spacial score (nSPS) is 28.2. The lowest BCUT2D eigenvalue weighted by Crippen LogP contribution is -2.47. The molecule has 1 saturated carbocycles. The zero-order valence-corrected chi connectivity index (χ0v) is 13.9. The number of thioether (sulfide) groups is 1. The van der Waals surface area contributed by atoms with Crippen LogP contribution in [-0.2, 0) is 4.74 Å². The Morgan fingerprint density at radius 2 is 2.10 bits per heavy atom. The van der Waals surface area contributed by atoms with Gasteiger partial charge in [-0.25, -0.2) is 4.79 Å². The van der Waals surface area contributed by atoms with Crippen molar-refractivity contribution >= 4 is 17.9 Å². The highest BCUT2D eigenvalue weighted by Gasteiger charge is 2.34. The molecule has 0 spiro atoms. The quantitative estimate of drug-likeness (QED) is 0.820. The molecule has 2 N–H and O–H groups in total. The minimum absolute atomic E-state index is 0.214. The summed E-state index contributed by atoms with van der Waals surface area (Å²) in [5.74, 6) is 1.81. The molecule has 1 amide bonds. The molecule has 1 saturated heterocycles. The minimum Gasteiger partial charge on any atom is -0.444 e. The number of amides is 1. The van der Waals surface area contributed by atoms with Crippen molar-refractivity contribution in [1.29, 1.82) is 0 Å². The summed E-state index contributed by atoms with van der Waals surface area (Å²) in [6.07, 6.45) is 3.38. The van der Waals surface area contributed by atoms with Gasteiger partial charge in [-0.05, 0) is 46.0 Å². The SMILES string of the molecule is CC1CC(NCC(NC(=O)OC(C)(C)C)C2CC2)CS1. The molecule has 4 nitrogen and oxygen atoms in total. The highest BCUT2D eigenvalue weighted by atomic mass is 32.2. The van der Waals surface area contributed by atoms with Crippen LogP contribution in [0.2, 0.25) is 0 Å². The molecule has 0 aromatic heterocycles. The summed E-state index contributed by atoms with van der Waals surface area (Å²) in [5, 5.41) is 7.41. The molecule has 1 aliphatic heterocycles. The standard InChI is InChI=1S/C15H28N2O2S/c1-10-7-12(9-20-10)16-8-13(11-5-6-11)17-14(18)19-15(2,3)4/h10-13,16H,5-9H2,1-4H3,(H,17,18). The number of alkyl carbamates (subject to hydrolysis) is 1. The van der Waals surface area contributed by atoms with Crippen molar-refractivity contribution < 1.29 is 9.53 Å². The van der Waals surface area contributed by atoms with Gasteiger partial charge in [0.1, 0.15) is 5.60 Å². The smallest absolute Gasteiger partial charge is 0.407 e. The summed E-state index contributed by atoms with van der Waals surface area (Å²) in [7, 11) is 0. The van der Waals surface area contributed by atoms with Crippen LogP contribution in [0.1, 0.15) is 47.0 Å². The molecule has 3 atom stereocenters. The number of ether oxygens (including phenoxy) is 1. The van der Waals surface area contributed by atoms with E-state index >= 15 is 0 Å². The first-order valence-electron chi connectivity index (χ1n) is 7.68. The Balaban J connectivity index is 1.74. The van der Waals surface area contributed by atoms with Crippen molar-refractivity contribution in [2.75, 3.05) is 12.3 Å². The average molecular weight is 300 g/mol. The van der Waals surface area contributed by atoms with Crippen molar-refractivity contribution in [3.8, 4) is 0 Å². The number of carbonyl (C=O) groups is 1. The van der Waals surface area contributed by atoms with E-state index in [2.05, 4.69) is 17.6 Å². The van der Waals surface area contributed by atoms with Crippen LogP contribution in [0.3, 0.4) is 0 Å². The maximum Gasteiger partial charge on any atom is 0.407 e. The molecular formula is C15H28N2O2S. The molecule has 0 bridgehead atoms. The van der Waals surface area contributed by atoms with E-state index in [4.69, 9.17) is 4.74 Å². The van der Waals surface area contributed by atoms with Crippen molar-refractivity contribution in [3.63, 3.8) is 0 Å². The van der Waals surface area contributed by atoms with Crippen molar-refractivity contribution in [2.24, 2.45) is 5.92 Å². The van der Waals surface area contributed by atoms with Crippen LogP contribution >= 0.6 is 11.8 Å². The zero-order valence-electron chi connectivity index (χ0n) is 13.1. The second-order valence-corrected chi connectivity index (χ2v) is 8.55. The van der Waals surface area contributed by atoms with E-state index < -0.39 is 5.60 Å². The molecule has 2 aliphatic rings. The van der Waals surface area contributed by atoms with Gasteiger partial charge in [0.2, 0.25) is 0 Å². The highest BCUT2D eigenvalue weighted by molar-refractivity contribution is 8.00. The fourth-order valence-electron chi connectivity index (χ4n) is 2.55. The molecule has 0 aromatic rings. The fraction of sp³-hybridized carbons (Fsp3) is 0.933. The molecule has 20 heavy (non-hydrogen) atoms. The van der Waals surface area contributed by atoms with E-state index in [0.717, 1.165) is 11.8 Å². The van der Waals surface area contributed by atoms with Crippen molar-refractivity contribution in [1.82, 2.24) is 10.6 Å². The Labute approximate surface area is 126 Å². The summed E-state index contributed by atoms with van der Waals surface area (Å²) < 4.78 is 5.35. The molecule has 0 radical (unpaired) electrons. The number of hydrogen-bond acceptors (Lipinski definition) is 4. The van der Waals surface area contributed by atoms with Gasteiger partial charge in [-0.15, -0.1) is 0 Å². The number of nitrogens with one attached hydrogen (secondary N) is 2. The second kappa shape index (κ2) is 6.56. The van der Waals surface area contributed by atoms with E-state index in [1.807, 2.05) is 32.5 Å². The zero-order chi connectivity index (χ0) is 14.8. The molecular weight excluding hydrogens is 272 g/mol. The molecule has 5 heteroatoms. The Morgan fingerprint density at radius 1 is 1.40 bits per heavy atom. The summed E-state index contributed by atoms with van der Waals surface area (Å²) in [6, 6.07) is 0.808. The van der Waals surface area contributed by atoms with Crippen LogP contribution in [0.5, 0.6) is 0 Å². The fourth-order valence-corrected chi connectivity index (χ4v) is 3.73. The van der Waals surface area contributed by atoms with Gasteiger partial charge in [-0.2, -0.15) is 11.8 Å². The first-order chi connectivity index (χ1) is 9.33. The second-order valence-electron chi connectivity index (χ2n) is 7.07. The lowest BCUT2D eigenvalue weighted by molar-refractivity contribution is 0.0497. The predicted octanol–water partition coefficient (Wildman–Crippen LogP) is 2.77. The number of carbonyl (C=O) groups excluding carboxylic acids is 1. The van der Waals surface area contributed by atoms with Crippen molar-refractivity contribution in [3.05, 3.63) is 0 Å². The molecule has 116 valence electrons. The monoisotopic (exact) mass is 300 g/mol. The average Bonchev–Trinajstić information content (AvgIpc) is 3.06. The first-order valence-corrected chi connectivity index (χ1v) is 8.73. The highest BCUT2D eigenvalue weighted by Crippen LogP contribution is 2.33. The third kappa shape index (κ3) is 5.52. The van der Waals surface area contributed by atoms with Gasteiger partial charge >= 0.3 is 6.09 Å². The summed E-state index contributed by atoms with van der Waals surface area (Å²) in [4.78, 5) is 11.9. The maximum absolute atomic E-state index is 11.9. The molecule has 2 fully saturated rings. The summed E-state index contributed by atoms with van der Waals surface area (Å²) in [5.41, 5.74) is -0.427. The van der Waals surface area contributed by atoms with E-state index in [9.17, 15) is 4.79 Å². The Kier molecular flexibility index (Phi) is 5.24. The van der Waals surface area contributed by atoms with E-state index in [1.165, 1.54) is 25.0 Å². The van der Waals surface area contributed by atoms with Gasteiger partial charge in [0.05, 0.1) is 0 Å². The first kappa shape index (κ1) is 16.0. The number of rotatable bonds is 5. The third-order valence-corrected chi connectivity index (χ3v) is 5.07. The van der Waals surface area contributed by atoms with Gasteiger partial charge < -0.3 is 15.4 Å². The third-order valence-electron chi connectivity index (χ3n) is 3.72. The van der Waals surface area contributed by atoms with E-state index in [-0.39, 0.29) is 12.1 Å². The lowest BCUT2D eigenvalue weighted by atomic mass is 10.1. The van der Waals surface area contributed by atoms with Gasteiger partial charge in [-0.1, -0.05) is 6.92 Å². The van der Waals surface area contributed by atoms with Gasteiger partial charge in [0.25, 0.3) is 0 Å². The van der Waals surface area contributed by atoms with Crippen LogP contribution in [0.25, 0.3) is 0 Å². The van der Waals surface area contributed by atoms with Crippen LogP contribution in [0, 0.1) is 5.92 Å². The van der Waals surface area contributed by atoms with Gasteiger partial charge in [0, 0.05) is 29.6 Å². The molecule has 3 unspecified atom stereocenters. The van der Waals surface area contributed by atoms with E-state index in [1.54, 1.807) is 0 Å². The maximum atomic E-state index is 11.9. The molecule has 0 aromatic carbocycles. The predicted molar refractivity (Wildman–Crippen MR) is 84.2 cm³/mol. The molecule has 1 aliphatic carbocycles. The number of hydrogen-bond donors (Lipinski definition) is 2.